The largest absolute Gasteiger partial charge is 0.361 e. The zero-order chi connectivity index (χ0) is 18.2. The van der Waals surface area contributed by atoms with Crippen molar-refractivity contribution in [2.45, 2.75) is 38.0 Å². The molecule has 0 spiro atoms. The van der Waals surface area contributed by atoms with Gasteiger partial charge in [0, 0.05) is 28.5 Å². The van der Waals surface area contributed by atoms with Crippen LogP contribution in [-0.4, -0.2) is 20.9 Å². The van der Waals surface area contributed by atoms with Gasteiger partial charge in [-0.15, -0.1) is 0 Å². The van der Waals surface area contributed by atoms with Crippen LogP contribution in [0.3, 0.4) is 0 Å². The SMILES string of the molecule is O=CNc1ccc2c(c1)ncn2-c1ccc2[nH]cc(C3CCCCC3)c2c1. The summed E-state index contributed by atoms with van der Waals surface area (Å²) in [5.41, 5.74) is 6.40. The van der Waals surface area contributed by atoms with Gasteiger partial charge in [-0.2, -0.15) is 0 Å². The maximum atomic E-state index is 10.7. The van der Waals surface area contributed by atoms with E-state index in [4.69, 9.17) is 0 Å². The number of rotatable bonds is 4. The molecule has 0 bridgehead atoms. The number of amides is 1. The second kappa shape index (κ2) is 6.58. The molecule has 5 nitrogen and oxygen atoms in total. The number of hydrogen-bond acceptors (Lipinski definition) is 2. The molecule has 1 aliphatic carbocycles. The van der Waals surface area contributed by atoms with Crippen LogP contribution in [0.25, 0.3) is 27.6 Å². The van der Waals surface area contributed by atoms with Gasteiger partial charge >= 0.3 is 0 Å². The smallest absolute Gasteiger partial charge is 0.211 e. The summed E-state index contributed by atoms with van der Waals surface area (Å²) in [5.74, 6) is 0.666. The average molecular weight is 358 g/mol. The zero-order valence-corrected chi connectivity index (χ0v) is 15.1. The molecule has 0 aliphatic heterocycles. The van der Waals surface area contributed by atoms with Crippen LogP contribution in [-0.2, 0) is 4.79 Å². The molecule has 1 fully saturated rings. The first kappa shape index (κ1) is 16.1. The number of aromatic amines is 1. The van der Waals surface area contributed by atoms with Gasteiger partial charge in [-0.1, -0.05) is 19.3 Å². The third-order valence-corrected chi connectivity index (χ3v) is 5.79. The lowest BCUT2D eigenvalue weighted by atomic mass is 9.84. The number of nitrogens with zero attached hydrogens (tertiary/aromatic N) is 2. The van der Waals surface area contributed by atoms with E-state index >= 15 is 0 Å². The van der Waals surface area contributed by atoms with E-state index in [0.717, 1.165) is 22.4 Å². The van der Waals surface area contributed by atoms with Crippen molar-refractivity contribution in [1.82, 2.24) is 14.5 Å². The second-order valence-corrected chi connectivity index (χ2v) is 7.39. The highest BCUT2D eigenvalue weighted by atomic mass is 16.1. The number of fused-ring (bicyclic) bond motifs is 2. The van der Waals surface area contributed by atoms with Crippen LogP contribution in [0.15, 0.2) is 48.9 Å². The van der Waals surface area contributed by atoms with Crippen molar-refractivity contribution >= 4 is 34.0 Å². The van der Waals surface area contributed by atoms with Crippen LogP contribution in [0.1, 0.15) is 43.6 Å². The van der Waals surface area contributed by atoms with Crippen molar-refractivity contribution < 1.29 is 4.79 Å². The van der Waals surface area contributed by atoms with E-state index in [2.05, 4.69) is 44.2 Å². The first-order valence-electron chi connectivity index (χ1n) is 9.62. The maximum Gasteiger partial charge on any atom is 0.211 e. The predicted octanol–water partition coefficient (Wildman–Crippen LogP) is 5.12. The molecule has 0 saturated heterocycles. The van der Waals surface area contributed by atoms with E-state index in [0.29, 0.717) is 12.3 Å². The fourth-order valence-corrected chi connectivity index (χ4v) is 4.41. The van der Waals surface area contributed by atoms with Gasteiger partial charge in [-0.25, -0.2) is 4.98 Å². The summed E-state index contributed by atoms with van der Waals surface area (Å²) in [7, 11) is 0. The summed E-state index contributed by atoms with van der Waals surface area (Å²) in [6.07, 6.45) is 11.4. The van der Waals surface area contributed by atoms with Gasteiger partial charge in [0.25, 0.3) is 0 Å². The first-order chi connectivity index (χ1) is 13.3. The van der Waals surface area contributed by atoms with Crippen LogP contribution < -0.4 is 5.32 Å². The molecule has 1 amide bonds. The number of anilines is 1. The molecule has 5 heteroatoms. The molecule has 4 aromatic rings. The second-order valence-electron chi connectivity index (χ2n) is 7.39. The molecule has 0 atom stereocenters. The first-order valence-corrected chi connectivity index (χ1v) is 9.62. The molecule has 27 heavy (non-hydrogen) atoms. The number of aromatic nitrogens is 3. The lowest BCUT2D eigenvalue weighted by Crippen LogP contribution is -2.03. The number of nitrogens with one attached hydrogen (secondary N) is 2. The number of imidazole rings is 1. The van der Waals surface area contributed by atoms with Gasteiger partial charge in [0.1, 0.15) is 6.33 Å². The van der Waals surface area contributed by atoms with Crippen LogP contribution in [0.4, 0.5) is 5.69 Å². The topological polar surface area (TPSA) is 62.7 Å². The number of H-pyrrole nitrogens is 1. The highest BCUT2D eigenvalue weighted by Crippen LogP contribution is 2.37. The van der Waals surface area contributed by atoms with E-state index in [9.17, 15) is 4.79 Å². The summed E-state index contributed by atoms with van der Waals surface area (Å²) in [4.78, 5) is 18.6. The Morgan fingerprint density at radius 2 is 2.00 bits per heavy atom. The molecule has 2 heterocycles. The van der Waals surface area contributed by atoms with Gasteiger partial charge < -0.3 is 10.3 Å². The van der Waals surface area contributed by atoms with Crippen LogP contribution >= 0.6 is 0 Å². The van der Waals surface area contributed by atoms with Gasteiger partial charge in [0.2, 0.25) is 6.41 Å². The van der Waals surface area contributed by atoms with Gasteiger partial charge in [0.05, 0.1) is 11.0 Å². The van der Waals surface area contributed by atoms with Crippen molar-refractivity contribution in [2.24, 2.45) is 0 Å². The summed E-state index contributed by atoms with van der Waals surface area (Å²) in [5, 5.41) is 4.00. The number of hydrogen-bond donors (Lipinski definition) is 2. The molecule has 2 aromatic carbocycles. The van der Waals surface area contributed by atoms with Crippen LogP contribution in [0.2, 0.25) is 0 Å². The summed E-state index contributed by atoms with van der Waals surface area (Å²) in [6.45, 7) is 0. The minimum atomic E-state index is 0.666. The van der Waals surface area contributed by atoms with E-state index in [1.54, 1.807) is 0 Å². The molecule has 1 saturated carbocycles. The Balaban J connectivity index is 1.58. The van der Waals surface area contributed by atoms with Gasteiger partial charge in [0.15, 0.2) is 0 Å². The van der Waals surface area contributed by atoms with Gasteiger partial charge in [-0.3, -0.25) is 9.36 Å². The molecular formula is C22H22N4O. The fraction of sp³-hybridized carbons (Fsp3) is 0.273. The molecule has 136 valence electrons. The third-order valence-electron chi connectivity index (χ3n) is 5.79. The van der Waals surface area contributed by atoms with E-state index in [1.807, 2.05) is 24.5 Å². The summed E-state index contributed by atoms with van der Waals surface area (Å²) in [6, 6.07) is 12.3. The minimum Gasteiger partial charge on any atom is -0.361 e. The third kappa shape index (κ3) is 2.79. The Bertz CT molecular complexity index is 1120. The minimum absolute atomic E-state index is 0.666. The molecule has 5 rings (SSSR count). The van der Waals surface area contributed by atoms with E-state index < -0.39 is 0 Å². The summed E-state index contributed by atoms with van der Waals surface area (Å²) >= 11 is 0. The molecule has 2 N–H and O–H groups in total. The highest BCUT2D eigenvalue weighted by molar-refractivity contribution is 5.88. The highest BCUT2D eigenvalue weighted by Gasteiger charge is 2.19. The summed E-state index contributed by atoms with van der Waals surface area (Å²) < 4.78 is 2.11. The quantitative estimate of drug-likeness (QED) is 0.497. The maximum absolute atomic E-state index is 10.7. The Morgan fingerprint density at radius 1 is 1.11 bits per heavy atom. The van der Waals surface area contributed by atoms with Crippen molar-refractivity contribution in [3.05, 3.63) is 54.5 Å². The zero-order valence-electron chi connectivity index (χ0n) is 15.1. The van der Waals surface area contributed by atoms with Crippen molar-refractivity contribution in [3.63, 3.8) is 0 Å². The number of carbonyl (C=O) groups is 1. The Morgan fingerprint density at radius 3 is 2.85 bits per heavy atom. The van der Waals surface area contributed by atoms with Gasteiger partial charge in [-0.05, 0) is 60.7 Å². The number of carbonyl (C=O) groups excluding carboxylic acids is 1. The lowest BCUT2D eigenvalue weighted by molar-refractivity contribution is -0.105. The number of benzene rings is 2. The monoisotopic (exact) mass is 358 g/mol. The normalized spacial score (nSPS) is 15.4. The lowest BCUT2D eigenvalue weighted by Gasteiger charge is -2.21. The molecular weight excluding hydrogens is 336 g/mol. The Labute approximate surface area is 157 Å². The molecule has 1 aliphatic rings. The van der Waals surface area contributed by atoms with Crippen LogP contribution in [0.5, 0.6) is 0 Å². The van der Waals surface area contributed by atoms with Crippen molar-refractivity contribution in [3.8, 4) is 5.69 Å². The molecule has 0 unspecified atom stereocenters. The predicted molar refractivity (Wildman–Crippen MR) is 108 cm³/mol. The van der Waals surface area contributed by atoms with Crippen molar-refractivity contribution in [2.75, 3.05) is 5.32 Å². The van der Waals surface area contributed by atoms with Crippen LogP contribution in [0, 0.1) is 0 Å². The average Bonchev–Trinajstić information content (AvgIpc) is 3.32. The fourth-order valence-electron chi connectivity index (χ4n) is 4.41. The van der Waals surface area contributed by atoms with E-state index in [1.165, 1.54) is 48.6 Å². The Hall–Kier alpha value is -3.08. The van der Waals surface area contributed by atoms with E-state index in [-0.39, 0.29) is 0 Å². The Kier molecular flexibility index (Phi) is 3.93. The molecule has 0 radical (unpaired) electrons. The van der Waals surface area contributed by atoms with Crippen molar-refractivity contribution in [1.29, 1.82) is 0 Å². The standard InChI is InChI=1S/C22H22N4O/c27-14-25-16-6-9-22-21(10-16)24-13-26(22)17-7-8-20-18(11-17)19(12-23-20)15-4-2-1-3-5-15/h6-15,23H,1-5H2,(H,25,27). The molecule has 2 aromatic heterocycles.